The van der Waals surface area contributed by atoms with Gasteiger partial charge in [-0.1, -0.05) is 0 Å². The van der Waals surface area contributed by atoms with Crippen LogP contribution in [0.1, 0.15) is 16.8 Å². The molecule has 0 radical (unpaired) electrons. The van der Waals surface area contributed by atoms with E-state index in [4.69, 9.17) is 15.2 Å². The predicted molar refractivity (Wildman–Crippen MR) is 78.2 cm³/mol. The van der Waals surface area contributed by atoms with Gasteiger partial charge in [-0.3, -0.25) is 4.79 Å². The lowest BCUT2D eigenvalue weighted by Gasteiger charge is -2.22. The van der Waals surface area contributed by atoms with E-state index in [0.717, 1.165) is 24.0 Å². The van der Waals surface area contributed by atoms with Gasteiger partial charge in [0.05, 0.1) is 4.47 Å². The molecule has 5 nitrogen and oxygen atoms in total. The lowest BCUT2D eigenvalue weighted by atomic mass is 10.1. The van der Waals surface area contributed by atoms with Gasteiger partial charge in [-0.25, -0.2) is 0 Å². The maximum Gasteiger partial charge on any atom is 0.254 e. The number of fused-ring (bicyclic) bond motifs is 1. The van der Waals surface area contributed by atoms with Gasteiger partial charge in [0.1, 0.15) is 13.2 Å². The molecule has 0 spiro atoms. The Bertz CT molecular complexity index is 535. The highest BCUT2D eigenvalue weighted by molar-refractivity contribution is 9.10. The first-order valence-corrected chi connectivity index (χ1v) is 7.57. The van der Waals surface area contributed by atoms with E-state index in [0.29, 0.717) is 42.7 Å². The Labute approximate surface area is 126 Å². The van der Waals surface area contributed by atoms with Crippen LogP contribution in [0.15, 0.2) is 16.6 Å². The summed E-state index contributed by atoms with van der Waals surface area (Å²) in [4.78, 5) is 14.4. The largest absolute Gasteiger partial charge is 0.486 e. The minimum atomic E-state index is 0.0265. The molecule has 2 N–H and O–H groups in total. The molecule has 0 bridgehead atoms. The van der Waals surface area contributed by atoms with Gasteiger partial charge in [0.25, 0.3) is 5.91 Å². The quantitative estimate of drug-likeness (QED) is 0.888. The van der Waals surface area contributed by atoms with Crippen LogP contribution in [0.3, 0.4) is 0 Å². The van der Waals surface area contributed by atoms with Crippen molar-refractivity contribution in [2.24, 2.45) is 11.7 Å². The Morgan fingerprint density at radius 3 is 2.95 bits per heavy atom. The van der Waals surface area contributed by atoms with Gasteiger partial charge in [0.2, 0.25) is 0 Å². The van der Waals surface area contributed by atoms with Crippen LogP contribution in [0.5, 0.6) is 11.5 Å². The van der Waals surface area contributed by atoms with Crippen molar-refractivity contribution in [3.8, 4) is 11.5 Å². The second-order valence-electron chi connectivity index (χ2n) is 5.12. The third kappa shape index (κ3) is 2.50. The SMILES string of the molecule is NCC1CCN(C(=O)c2cc(Br)c3c(c2)OCCO3)C1. The summed E-state index contributed by atoms with van der Waals surface area (Å²) in [6.07, 6.45) is 0.980. The summed E-state index contributed by atoms with van der Waals surface area (Å²) >= 11 is 3.44. The topological polar surface area (TPSA) is 64.8 Å². The zero-order valence-electron chi connectivity index (χ0n) is 11.1. The van der Waals surface area contributed by atoms with Gasteiger partial charge in [0, 0.05) is 18.7 Å². The number of ether oxygens (including phenoxy) is 2. The molecule has 20 heavy (non-hydrogen) atoms. The molecule has 3 rings (SSSR count). The zero-order valence-corrected chi connectivity index (χ0v) is 12.7. The number of likely N-dealkylation sites (tertiary alicyclic amines) is 1. The number of hydrogen-bond acceptors (Lipinski definition) is 4. The molecule has 108 valence electrons. The third-order valence-corrected chi connectivity index (χ3v) is 4.34. The van der Waals surface area contributed by atoms with Crippen molar-refractivity contribution in [3.05, 3.63) is 22.2 Å². The highest BCUT2D eigenvalue weighted by Crippen LogP contribution is 2.39. The molecule has 0 aromatic heterocycles. The molecule has 1 fully saturated rings. The molecule has 2 aliphatic heterocycles. The van der Waals surface area contributed by atoms with Crippen molar-refractivity contribution in [2.45, 2.75) is 6.42 Å². The summed E-state index contributed by atoms with van der Waals surface area (Å²) in [6.45, 7) is 3.18. The van der Waals surface area contributed by atoms with Crippen LogP contribution in [0.2, 0.25) is 0 Å². The lowest BCUT2D eigenvalue weighted by Crippen LogP contribution is -2.30. The van der Waals surface area contributed by atoms with Gasteiger partial charge < -0.3 is 20.1 Å². The number of halogens is 1. The van der Waals surface area contributed by atoms with Crippen LogP contribution in [0.25, 0.3) is 0 Å². The minimum Gasteiger partial charge on any atom is -0.486 e. The fraction of sp³-hybridized carbons (Fsp3) is 0.500. The predicted octanol–water partition coefficient (Wildman–Crippen LogP) is 1.64. The molecular formula is C14H17BrN2O3. The Hall–Kier alpha value is -1.27. The lowest BCUT2D eigenvalue weighted by molar-refractivity contribution is 0.0786. The molecule has 2 heterocycles. The van der Waals surface area contributed by atoms with Crippen LogP contribution in [-0.4, -0.2) is 43.7 Å². The first kappa shape index (κ1) is 13.7. The van der Waals surface area contributed by atoms with Gasteiger partial charge >= 0.3 is 0 Å². The molecule has 0 saturated carbocycles. The molecule has 1 aromatic carbocycles. The van der Waals surface area contributed by atoms with Crippen molar-refractivity contribution in [2.75, 3.05) is 32.8 Å². The molecule has 1 saturated heterocycles. The fourth-order valence-electron chi connectivity index (χ4n) is 2.63. The second kappa shape index (κ2) is 5.61. The van der Waals surface area contributed by atoms with E-state index in [1.54, 1.807) is 12.1 Å². The van der Waals surface area contributed by atoms with Crippen LogP contribution in [0.4, 0.5) is 0 Å². The first-order chi connectivity index (χ1) is 9.69. The number of carbonyl (C=O) groups excluding carboxylic acids is 1. The van der Waals surface area contributed by atoms with Crippen LogP contribution in [0, 0.1) is 5.92 Å². The number of rotatable bonds is 2. The molecule has 0 aliphatic carbocycles. The summed E-state index contributed by atoms with van der Waals surface area (Å²) in [5, 5.41) is 0. The fourth-order valence-corrected chi connectivity index (χ4v) is 3.18. The summed E-state index contributed by atoms with van der Waals surface area (Å²) in [6, 6.07) is 3.56. The van der Waals surface area contributed by atoms with Gasteiger partial charge in [-0.15, -0.1) is 0 Å². The smallest absolute Gasteiger partial charge is 0.254 e. The van der Waals surface area contributed by atoms with E-state index in [1.807, 2.05) is 4.90 Å². The molecule has 1 atom stereocenters. The maximum atomic E-state index is 12.5. The summed E-state index contributed by atoms with van der Waals surface area (Å²) in [7, 11) is 0. The number of amides is 1. The Balaban J connectivity index is 1.83. The number of nitrogens with two attached hydrogens (primary N) is 1. The molecule has 2 aliphatic rings. The van der Waals surface area contributed by atoms with E-state index in [-0.39, 0.29) is 5.91 Å². The standard InChI is InChI=1S/C14H17BrN2O3/c15-11-5-10(6-12-13(11)20-4-3-19-12)14(18)17-2-1-9(7-16)8-17/h5-6,9H,1-4,7-8,16H2. The highest BCUT2D eigenvalue weighted by atomic mass is 79.9. The van der Waals surface area contributed by atoms with Crippen LogP contribution in [-0.2, 0) is 0 Å². The van der Waals surface area contributed by atoms with Crippen LogP contribution < -0.4 is 15.2 Å². The zero-order chi connectivity index (χ0) is 14.1. The molecule has 1 amide bonds. The normalized spacial score (nSPS) is 21.1. The minimum absolute atomic E-state index is 0.0265. The van der Waals surface area contributed by atoms with Crippen molar-refractivity contribution in [1.82, 2.24) is 4.90 Å². The molecule has 1 unspecified atom stereocenters. The van der Waals surface area contributed by atoms with Crippen molar-refractivity contribution in [3.63, 3.8) is 0 Å². The molecule has 6 heteroatoms. The highest BCUT2D eigenvalue weighted by Gasteiger charge is 2.27. The van der Waals surface area contributed by atoms with Gasteiger partial charge in [-0.05, 0) is 46.9 Å². The number of carbonyl (C=O) groups is 1. The van der Waals surface area contributed by atoms with E-state index >= 15 is 0 Å². The average Bonchev–Trinajstić information content (AvgIpc) is 2.95. The third-order valence-electron chi connectivity index (χ3n) is 3.75. The summed E-state index contributed by atoms with van der Waals surface area (Å²) in [5.74, 6) is 1.75. The number of benzene rings is 1. The monoisotopic (exact) mass is 340 g/mol. The average molecular weight is 341 g/mol. The Morgan fingerprint density at radius 2 is 2.20 bits per heavy atom. The van der Waals surface area contributed by atoms with Crippen molar-refractivity contribution >= 4 is 21.8 Å². The van der Waals surface area contributed by atoms with E-state index in [9.17, 15) is 4.79 Å². The summed E-state index contributed by atoms with van der Waals surface area (Å²) in [5.41, 5.74) is 6.29. The first-order valence-electron chi connectivity index (χ1n) is 6.77. The Morgan fingerprint density at radius 1 is 1.40 bits per heavy atom. The van der Waals surface area contributed by atoms with Crippen molar-refractivity contribution < 1.29 is 14.3 Å². The van der Waals surface area contributed by atoms with Gasteiger partial charge in [-0.2, -0.15) is 0 Å². The maximum absolute atomic E-state index is 12.5. The second-order valence-corrected chi connectivity index (χ2v) is 5.98. The number of nitrogens with zero attached hydrogens (tertiary/aromatic N) is 1. The van der Waals surface area contributed by atoms with E-state index in [2.05, 4.69) is 15.9 Å². The van der Waals surface area contributed by atoms with E-state index in [1.165, 1.54) is 0 Å². The van der Waals surface area contributed by atoms with Crippen LogP contribution >= 0.6 is 15.9 Å². The van der Waals surface area contributed by atoms with Gasteiger partial charge in [0.15, 0.2) is 11.5 Å². The van der Waals surface area contributed by atoms with Crippen molar-refractivity contribution in [1.29, 1.82) is 0 Å². The number of hydrogen-bond donors (Lipinski definition) is 1. The van der Waals surface area contributed by atoms with E-state index < -0.39 is 0 Å². The molecular weight excluding hydrogens is 324 g/mol. The Kier molecular flexibility index (Phi) is 3.85. The summed E-state index contributed by atoms with van der Waals surface area (Å²) < 4.78 is 11.8. The molecule has 1 aromatic rings.